The maximum atomic E-state index is 2.81. The number of hydrogen-bond acceptors (Lipinski definition) is 3. The second kappa shape index (κ2) is 17.9. The normalized spacial score (nSPS) is 19.0. The van der Waals surface area contributed by atoms with E-state index in [4.69, 9.17) is 0 Å². The van der Waals surface area contributed by atoms with Crippen LogP contribution in [-0.2, 0) is 27.1 Å². The minimum Gasteiger partial charge on any atom is -0.334 e. The fourth-order valence-electron chi connectivity index (χ4n) is 13.8. The van der Waals surface area contributed by atoms with Crippen LogP contribution in [0.4, 0.5) is 45.5 Å². The molecule has 4 aliphatic rings. The Morgan fingerprint density at radius 1 is 0.377 bits per heavy atom. The van der Waals surface area contributed by atoms with Gasteiger partial charge in [-0.2, -0.15) is 0 Å². The van der Waals surface area contributed by atoms with Crippen molar-refractivity contribution < 1.29 is 0 Å². The Kier molecular flexibility index (Phi) is 11.8. The van der Waals surface area contributed by atoms with E-state index >= 15 is 0 Å². The Labute approximate surface area is 462 Å². The van der Waals surface area contributed by atoms with Crippen LogP contribution < -0.4 is 31.1 Å². The Balaban J connectivity index is 1.17. The molecule has 8 aromatic carbocycles. The average Bonchev–Trinajstić information content (AvgIpc) is 3.71. The van der Waals surface area contributed by atoms with E-state index in [1.165, 1.54) is 138 Å². The van der Waals surface area contributed by atoms with Crippen LogP contribution in [-0.4, -0.2) is 12.3 Å². The fourth-order valence-corrected chi connectivity index (χ4v) is 13.8. The molecule has 390 valence electrons. The number of anilines is 8. The van der Waals surface area contributed by atoms with Gasteiger partial charge in [-0.3, -0.25) is 0 Å². The lowest BCUT2D eigenvalue weighted by atomic mass is 9.33. The predicted octanol–water partition coefficient (Wildman–Crippen LogP) is 18.4. The first-order valence-corrected chi connectivity index (χ1v) is 28.8. The van der Waals surface area contributed by atoms with Crippen molar-refractivity contribution in [3.63, 3.8) is 0 Å². The van der Waals surface area contributed by atoms with E-state index in [1.54, 1.807) is 0 Å². The minimum absolute atomic E-state index is 0.00645. The largest absolute Gasteiger partial charge is 0.334 e. The van der Waals surface area contributed by atoms with Crippen LogP contribution in [0.1, 0.15) is 157 Å². The Morgan fingerprint density at radius 2 is 0.896 bits per heavy atom. The predicted molar refractivity (Wildman–Crippen MR) is 334 cm³/mol. The van der Waals surface area contributed by atoms with Gasteiger partial charge in [-0.15, -0.1) is 0 Å². The number of nitrogens with zero attached hydrogens (tertiary/aromatic N) is 3. The van der Waals surface area contributed by atoms with Crippen molar-refractivity contribution >= 4 is 68.6 Å². The van der Waals surface area contributed by atoms with Gasteiger partial charge in [-0.05, 0) is 163 Å². The van der Waals surface area contributed by atoms with Crippen molar-refractivity contribution in [1.29, 1.82) is 0 Å². The zero-order valence-corrected chi connectivity index (χ0v) is 48.6. The molecule has 77 heavy (non-hydrogen) atoms. The first-order valence-electron chi connectivity index (χ1n) is 28.8. The Bertz CT molecular complexity index is 3580. The monoisotopic (exact) mass is 1010 g/mol. The van der Waals surface area contributed by atoms with E-state index in [-0.39, 0.29) is 39.3 Å². The second-order valence-electron chi connectivity index (χ2n) is 27.8. The molecule has 1 saturated carbocycles. The molecule has 3 aliphatic heterocycles. The van der Waals surface area contributed by atoms with Gasteiger partial charge >= 0.3 is 0 Å². The van der Waals surface area contributed by atoms with Gasteiger partial charge in [0.15, 0.2) is 0 Å². The van der Waals surface area contributed by atoms with E-state index in [0.29, 0.717) is 0 Å². The summed E-state index contributed by atoms with van der Waals surface area (Å²) in [5.74, 6) is 0. The van der Waals surface area contributed by atoms with Crippen LogP contribution in [0.2, 0.25) is 0 Å². The quantitative estimate of drug-likeness (QED) is 0.159. The third kappa shape index (κ3) is 8.29. The summed E-state index contributed by atoms with van der Waals surface area (Å²) in [7, 11) is 0. The summed E-state index contributed by atoms with van der Waals surface area (Å²) in [6, 6.07) is 66.5. The van der Waals surface area contributed by atoms with Crippen LogP contribution in [0.25, 0.3) is 22.3 Å². The van der Waals surface area contributed by atoms with Gasteiger partial charge in [0.05, 0.1) is 11.2 Å². The van der Waals surface area contributed by atoms with Crippen molar-refractivity contribution in [2.45, 2.75) is 162 Å². The van der Waals surface area contributed by atoms with Crippen molar-refractivity contribution in [2.75, 3.05) is 14.7 Å². The summed E-state index contributed by atoms with van der Waals surface area (Å²) < 4.78 is 0. The number of rotatable bonds is 5. The fraction of sp³-hybridized carbons (Fsp3) is 0.342. The van der Waals surface area contributed by atoms with Crippen LogP contribution in [0.3, 0.4) is 0 Å². The Morgan fingerprint density at radius 3 is 1.52 bits per heavy atom. The van der Waals surface area contributed by atoms with Gasteiger partial charge < -0.3 is 14.7 Å². The zero-order chi connectivity index (χ0) is 54.2. The molecule has 0 aromatic heterocycles. The number of fused-ring (bicyclic) bond motifs is 7. The van der Waals surface area contributed by atoms with Crippen LogP contribution >= 0.6 is 0 Å². The third-order valence-corrected chi connectivity index (χ3v) is 18.7. The summed E-state index contributed by atoms with van der Waals surface area (Å²) in [4.78, 5) is 8.12. The highest BCUT2D eigenvalue weighted by atomic mass is 15.3. The maximum absolute atomic E-state index is 2.81. The summed E-state index contributed by atoms with van der Waals surface area (Å²) in [5, 5.41) is 0. The van der Waals surface area contributed by atoms with Gasteiger partial charge in [0.2, 0.25) is 0 Å². The first kappa shape index (κ1) is 51.0. The molecule has 8 aromatic rings. The smallest absolute Gasteiger partial charge is 0.252 e. The van der Waals surface area contributed by atoms with Gasteiger partial charge in [0.1, 0.15) is 0 Å². The number of benzene rings is 8. The minimum atomic E-state index is -0.162. The van der Waals surface area contributed by atoms with E-state index in [0.717, 1.165) is 6.42 Å². The lowest BCUT2D eigenvalue weighted by Crippen LogP contribution is -2.61. The van der Waals surface area contributed by atoms with Gasteiger partial charge in [-0.1, -0.05) is 218 Å². The second-order valence-corrected chi connectivity index (χ2v) is 27.8. The van der Waals surface area contributed by atoms with Crippen LogP contribution in [0.5, 0.6) is 0 Å². The van der Waals surface area contributed by atoms with Crippen molar-refractivity contribution in [2.24, 2.45) is 0 Å². The zero-order valence-electron chi connectivity index (χ0n) is 48.6. The van der Waals surface area contributed by atoms with Gasteiger partial charge in [0, 0.05) is 50.8 Å². The lowest BCUT2D eigenvalue weighted by Gasteiger charge is -2.48. The molecule has 0 bridgehead atoms. The molecule has 3 nitrogen and oxygen atoms in total. The first-order chi connectivity index (χ1) is 36.5. The maximum Gasteiger partial charge on any atom is 0.252 e. The lowest BCUT2D eigenvalue weighted by molar-refractivity contribution is 0.261. The Hall–Kier alpha value is -6.78. The van der Waals surface area contributed by atoms with Gasteiger partial charge in [0.25, 0.3) is 6.71 Å². The molecule has 4 heteroatoms. The van der Waals surface area contributed by atoms with E-state index in [9.17, 15) is 0 Å². The molecule has 2 atom stereocenters. The molecule has 0 radical (unpaired) electrons. The molecular formula is C73H80BN3. The van der Waals surface area contributed by atoms with E-state index in [2.05, 4.69) is 281 Å². The molecule has 0 saturated heterocycles. The van der Waals surface area contributed by atoms with Crippen LogP contribution in [0.15, 0.2) is 170 Å². The molecule has 0 spiro atoms. The summed E-state index contributed by atoms with van der Waals surface area (Å²) in [5.41, 5.74) is 25.5. The average molecular weight is 1010 g/mol. The highest BCUT2D eigenvalue weighted by molar-refractivity contribution is 7.00. The number of hydrogen-bond donors (Lipinski definition) is 0. The molecular weight excluding hydrogens is 930 g/mol. The molecule has 0 N–H and O–H groups in total. The SMILES string of the molecule is CC(C)(C)c1ccc(N2c3cc(N4c5ccc(C(C)(C)C)cc5C5(C)CCCCCC45C)ccc3B3c4ccc(-c5ccccc5)cc4N(c4ccc(C(C)(C)C)cc4-c4ccccc4)c4cc(C(C)(C)C)cc2c43)cc1. The van der Waals surface area contributed by atoms with Crippen molar-refractivity contribution in [3.8, 4) is 22.3 Å². The highest BCUT2D eigenvalue weighted by Gasteiger charge is 2.57. The summed E-state index contributed by atoms with van der Waals surface area (Å²) in [6.45, 7) is 33.4. The van der Waals surface area contributed by atoms with Crippen molar-refractivity contribution in [3.05, 3.63) is 198 Å². The van der Waals surface area contributed by atoms with Crippen LogP contribution in [0, 0.1) is 0 Å². The molecule has 0 amide bonds. The standard InChI is InChI=1S/C73H80BN3/c1-68(2,3)51-29-33-55(34-30-51)75-64-47-56(77-62-39-32-53(70(7,8)9)44-58(62)72(13)40-22-17-23-41-73(72,77)14)35-37-60(64)74-59-36-28-50(48-24-18-15-19-25-48)42-63(59)76(66-46-54(71(10,11)12)45-65(75)67(66)74)61-38-31-52(69(4,5)6)43-57(61)49-26-20-16-21-27-49/h15-16,18-21,24-39,42-47H,17,22-23,40-41H2,1-14H3. The summed E-state index contributed by atoms with van der Waals surface area (Å²) in [6.07, 6.45) is 6.11. The van der Waals surface area contributed by atoms with E-state index in [1.807, 2.05) is 0 Å². The molecule has 2 unspecified atom stereocenters. The molecule has 1 aliphatic carbocycles. The van der Waals surface area contributed by atoms with Gasteiger partial charge in [-0.25, -0.2) is 0 Å². The highest BCUT2D eigenvalue weighted by Crippen LogP contribution is 2.61. The van der Waals surface area contributed by atoms with E-state index < -0.39 is 0 Å². The molecule has 3 heterocycles. The third-order valence-electron chi connectivity index (χ3n) is 18.7. The molecule has 1 fully saturated rings. The topological polar surface area (TPSA) is 9.72 Å². The van der Waals surface area contributed by atoms with Crippen molar-refractivity contribution in [1.82, 2.24) is 0 Å². The summed E-state index contributed by atoms with van der Waals surface area (Å²) >= 11 is 0. The molecule has 12 rings (SSSR count).